The van der Waals surface area contributed by atoms with Gasteiger partial charge in [-0.2, -0.15) is 0 Å². The lowest BCUT2D eigenvalue weighted by atomic mass is 9.99. The number of carbonyl (C=O) groups is 2. The van der Waals surface area contributed by atoms with Gasteiger partial charge in [0.15, 0.2) is 6.29 Å². The third-order valence-electron chi connectivity index (χ3n) is 16.8. The van der Waals surface area contributed by atoms with Gasteiger partial charge < -0.3 is 45.1 Å². The highest BCUT2D eigenvalue weighted by atomic mass is 16.7. The minimum atomic E-state index is -1.58. The maximum atomic E-state index is 13.1. The summed E-state index contributed by atoms with van der Waals surface area (Å²) in [7, 11) is 0. The molecule has 1 aliphatic rings. The van der Waals surface area contributed by atoms with E-state index in [1.807, 2.05) is 6.08 Å². The van der Waals surface area contributed by atoms with Crippen LogP contribution in [0.2, 0.25) is 0 Å². The summed E-state index contributed by atoms with van der Waals surface area (Å²) in [6, 6.07) is -0.828. The summed E-state index contributed by atoms with van der Waals surface area (Å²) < 4.78 is 16.7. The molecule has 11 heteroatoms. The molecule has 1 aliphatic heterocycles. The zero-order chi connectivity index (χ0) is 61.6. The molecular weight excluding hydrogens is 1060 g/mol. The van der Waals surface area contributed by atoms with E-state index in [0.717, 1.165) is 64.2 Å². The molecule has 6 N–H and O–H groups in total. The van der Waals surface area contributed by atoms with Crippen LogP contribution in [0.3, 0.4) is 0 Å². The predicted octanol–water partition coefficient (Wildman–Crippen LogP) is 18.5. The number of allylic oxidation sites excluding steroid dienone is 9. The van der Waals surface area contributed by atoms with Crippen molar-refractivity contribution in [2.75, 3.05) is 19.8 Å². The number of unbranched alkanes of at least 4 members (excludes halogenated alkanes) is 41. The fraction of sp³-hybridized carbons (Fsp3) is 0.838. The first-order valence-electron chi connectivity index (χ1n) is 36.1. The van der Waals surface area contributed by atoms with Crippen LogP contribution in [-0.4, -0.2) is 100 Å². The van der Waals surface area contributed by atoms with Crippen molar-refractivity contribution in [1.29, 1.82) is 0 Å². The van der Waals surface area contributed by atoms with Gasteiger partial charge in [0.2, 0.25) is 5.91 Å². The van der Waals surface area contributed by atoms with Crippen LogP contribution in [0.1, 0.15) is 335 Å². The van der Waals surface area contributed by atoms with Crippen LogP contribution >= 0.6 is 0 Å². The summed E-state index contributed by atoms with van der Waals surface area (Å²) in [5.74, 6) is -0.196. The second-order valence-corrected chi connectivity index (χ2v) is 24.9. The van der Waals surface area contributed by atoms with Crippen LogP contribution in [0.4, 0.5) is 0 Å². The van der Waals surface area contributed by atoms with Crippen molar-refractivity contribution in [1.82, 2.24) is 5.32 Å². The molecule has 0 aromatic rings. The molecular formula is C74H135NO10. The lowest BCUT2D eigenvalue weighted by molar-refractivity contribution is -0.302. The molecule has 0 aliphatic carbocycles. The van der Waals surface area contributed by atoms with Crippen molar-refractivity contribution in [3.63, 3.8) is 0 Å². The van der Waals surface area contributed by atoms with E-state index in [0.29, 0.717) is 19.4 Å². The van der Waals surface area contributed by atoms with Gasteiger partial charge in [-0.3, -0.25) is 9.59 Å². The van der Waals surface area contributed by atoms with Gasteiger partial charge in [-0.15, -0.1) is 0 Å². The van der Waals surface area contributed by atoms with E-state index in [4.69, 9.17) is 14.2 Å². The number of nitrogens with one attached hydrogen (secondary N) is 1. The van der Waals surface area contributed by atoms with Crippen molar-refractivity contribution in [3.8, 4) is 0 Å². The third-order valence-corrected chi connectivity index (χ3v) is 16.8. The molecule has 0 aromatic carbocycles. The molecule has 7 atom stereocenters. The quantitative estimate of drug-likeness (QED) is 0.0195. The minimum Gasteiger partial charge on any atom is -0.466 e. The van der Waals surface area contributed by atoms with Gasteiger partial charge in [-0.1, -0.05) is 280 Å². The minimum absolute atomic E-state index is 0.00533. The van der Waals surface area contributed by atoms with E-state index < -0.39 is 49.5 Å². The van der Waals surface area contributed by atoms with Gasteiger partial charge in [0.1, 0.15) is 24.4 Å². The molecule has 0 spiro atoms. The lowest BCUT2D eigenvalue weighted by Gasteiger charge is -2.40. The molecule has 1 rings (SSSR count). The van der Waals surface area contributed by atoms with Gasteiger partial charge in [0, 0.05) is 12.8 Å². The second-order valence-electron chi connectivity index (χ2n) is 24.9. The monoisotopic (exact) mass is 1200 g/mol. The standard InChI is InChI=1S/C74H135NO10/c1-3-5-7-9-11-13-15-17-37-40-44-48-52-56-60-67(77)66(65-84-74-73(82)72(81)71(80)68(64-76)85-74)75-69(78)61-57-53-49-45-41-38-35-33-31-29-27-25-23-21-19-18-20-22-24-26-28-30-32-34-36-39-43-47-51-55-59-63-83-70(79)62-58-54-50-46-42-16-14-12-10-8-6-4-2/h12,14,20,22,26,28,40,44,56,60,66-68,71-74,76-77,80-82H,3-11,13,15-19,21,23-25,27,29-39,41-43,45-55,57-59,61-65H2,1-2H3,(H,75,78)/b14-12-,22-20-,28-26-,44-40+,60-56+. The van der Waals surface area contributed by atoms with Crippen molar-refractivity contribution in [2.24, 2.45) is 0 Å². The molecule has 85 heavy (non-hydrogen) atoms. The Balaban J connectivity index is 1.99. The van der Waals surface area contributed by atoms with Gasteiger partial charge in [-0.05, 0) is 103 Å². The number of aliphatic hydroxyl groups is 5. The summed E-state index contributed by atoms with van der Waals surface area (Å²) in [6.07, 6.45) is 73.5. The van der Waals surface area contributed by atoms with E-state index in [2.05, 4.69) is 67.8 Å². The Morgan fingerprint density at radius 1 is 0.435 bits per heavy atom. The summed E-state index contributed by atoms with van der Waals surface area (Å²) in [4.78, 5) is 25.1. The molecule has 11 nitrogen and oxygen atoms in total. The Morgan fingerprint density at radius 2 is 0.800 bits per heavy atom. The van der Waals surface area contributed by atoms with Crippen LogP contribution in [-0.2, 0) is 23.8 Å². The number of carbonyl (C=O) groups excluding carboxylic acids is 2. The molecule has 1 amide bonds. The Hall–Kier alpha value is -2.64. The number of hydrogen-bond acceptors (Lipinski definition) is 10. The molecule has 7 unspecified atom stereocenters. The largest absolute Gasteiger partial charge is 0.466 e. The van der Waals surface area contributed by atoms with Gasteiger partial charge >= 0.3 is 5.97 Å². The average molecular weight is 1200 g/mol. The van der Waals surface area contributed by atoms with Gasteiger partial charge in [0.25, 0.3) is 0 Å². The first-order chi connectivity index (χ1) is 41.7. The third kappa shape index (κ3) is 51.9. The van der Waals surface area contributed by atoms with Crippen molar-refractivity contribution >= 4 is 11.9 Å². The fourth-order valence-corrected chi connectivity index (χ4v) is 11.1. The highest BCUT2D eigenvalue weighted by molar-refractivity contribution is 5.76. The van der Waals surface area contributed by atoms with E-state index in [1.165, 1.54) is 244 Å². The summed E-state index contributed by atoms with van der Waals surface area (Å²) in [5.41, 5.74) is 0. The number of ether oxygens (including phenoxy) is 3. The van der Waals surface area contributed by atoms with Crippen LogP contribution < -0.4 is 5.32 Å². The Kier molecular flexibility index (Phi) is 59.5. The van der Waals surface area contributed by atoms with Crippen molar-refractivity contribution in [3.05, 3.63) is 60.8 Å². The van der Waals surface area contributed by atoms with Crippen LogP contribution in [0.5, 0.6) is 0 Å². The van der Waals surface area contributed by atoms with E-state index in [1.54, 1.807) is 6.08 Å². The number of rotatable bonds is 63. The van der Waals surface area contributed by atoms with Crippen LogP contribution in [0.25, 0.3) is 0 Å². The predicted molar refractivity (Wildman–Crippen MR) is 357 cm³/mol. The molecule has 496 valence electrons. The first-order valence-corrected chi connectivity index (χ1v) is 36.1. The molecule has 1 fully saturated rings. The number of aliphatic hydroxyl groups excluding tert-OH is 5. The van der Waals surface area contributed by atoms with Gasteiger partial charge in [-0.25, -0.2) is 0 Å². The first kappa shape index (κ1) is 80.4. The fourth-order valence-electron chi connectivity index (χ4n) is 11.1. The SMILES string of the molecule is CCCCC/C=C\CCCCCCCC(=O)OCCCCCCCCCCC/C=C\C/C=C\CCCCCCCCCCCCCCCCCC(=O)NC(COC1OC(CO)C(O)C(O)C1O)C(O)/C=C/CC/C=C/CCCCCCCCCC. The van der Waals surface area contributed by atoms with Crippen molar-refractivity contribution in [2.45, 2.75) is 378 Å². The number of esters is 1. The Labute approximate surface area is 522 Å². The molecule has 1 heterocycles. The zero-order valence-electron chi connectivity index (χ0n) is 55.1. The maximum Gasteiger partial charge on any atom is 0.305 e. The smallest absolute Gasteiger partial charge is 0.305 e. The summed E-state index contributed by atoms with van der Waals surface area (Å²) >= 11 is 0. The molecule has 1 saturated heterocycles. The average Bonchev–Trinajstić information content (AvgIpc) is 3.50. The summed E-state index contributed by atoms with van der Waals surface area (Å²) in [6.45, 7) is 4.32. The topological polar surface area (TPSA) is 175 Å². The highest BCUT2D eigenvalue weighted by Crippen LogP contribution is 2.23. The van der Waals surface area contributed by atoms with Crippen molar-refractivity contribution < 1.29 is 49.3 Å². The molecule has 0 aromatic heterocycles. The molecule has 0 radical (unpaired) electrons. The lowest BCUT2D eigenvalue weighted by Crippen LogP contribution is -2.60. The van der Waals surface area contributed by atoms with Crippen LogP contribution in [0, 0.1) is 0 Å². The number of amides is 1. The van der Waals surface area contributed by atoms with E-state index >= 15 is 0 Å². The maximum absolute atomic E-state index is 13.1. The normalized spacial score (nSPS) is 18.3. The Bertz CT molecular complexity index is 1600. The van der Waals surface area contributed by atoms with E-state index in [9.17, 15) is 35.1 Å². The van der Waals surface area contributed by atoms with Crippen LogP contribution in [0.15, 0.2) is 60.8 Å². The second kappa shape index (κ2) is 62.9. The highest BCUT2D eigenvalue weighted by Gasteiger charge is 2.44. The Morgan fingerprint density at radius 3 is 1.26 bits per heavy atom. The zero-order valence-corrected chi connectivity index (χ0v) is 55.1. The van der Waals surface area contributed by atoms with Gasteiger partial charge in [0.05, 0.1) is 32.0 Å². The molecule has 0 saturated carbocycles. The summed E-state index contributed by atoms with van der Waals surface area (Å²) in [5, 5.41) is 54.5. The van der Waals surface area contributed by atoms with E-state index in [-0.39, 0.29) is 18.5 Å². The number of hydrogen-bond donors (Lipinski definition) is 6. The molecule has 0 bridgehead atoms.